The monoisotopic (exact) mass is 583 g/mol. The zero-order valence-corrected chi connectivity index (χ0v) is 24.7. The fourth-order valence-electron chi connectivity index (χ4n) is 5.09. The molecule has 1 aliphatic rings. The van der Waals surface area contributed by atoms with Gasteiger partial charge >= 0.3 is 0 Å². The summed E-state index contributed by atoms with van der Waals surface area (Å²) in [5.41, 5.74) is 1.83. The van der Waals surface area contributed by atoms with Gasteiger partial charge in [-0.05, 0) is 55.2 Å². The lowest BCUT2D eigenvalue weighted by Gasteiger charge is -2.33. The van der Waals surface area contributed by atoms with Crippen molar-refractivity contribution in [1.29, 1.82) is 0 Å². The van der Waals surface area contributed by atoms with Gasteiger partial charge < -0.3 is 34.5 Å². The van der Waals surface area contributed by atoms with Crippen LogP contribution in [0.25, 0.3) is 0 Å². The standard InChI is InChI=1S/C33H37N5O5/c1-40-28-20-25(21-29(41-2)31(28)42-3)36-33-35-18-16-30(37-33)38-19-7-8-24(22-38)32(39)34-17-15-23-11-13-27(14-12-23)43-26-9-5-4-6-10-26/h4-6,9-14,16,18,20-21,24H,7-8,15,17,19,22H2,1-3H3,(H,34,39)(H,35,36,37)/t24-/m0/s1. The normalized spacial score (nSPS) is 14.5. The SMILES string of the molecule is COc1cc(Nc2nccc(N3CCC[C@H](C(=O)NCCc4ccc(Oc5ccccc5)cc4)C3)n2)cc(OC)c1OC. The molecule has 1 saturated heterocycles. The number of hydrogen-bond donors (Lipinski definition) is 2. The topological polar surface area (TPSA) is 107 Å². The van der Waals surface area contributed by atoms with Crippen molar-refractivity contribution in [3.63, 3.8) is 0 Å². The summed E-state index contributed by atoms with van der Waals surface area (Å²) in [4.78, 5) is 24.3. The number of carbonyl (C=O) groups is 1. The molecule has 1 amide bonds. The van der Waals surface area contributed by atoms with E-state index < -0.39 is 0 Å². The van der Waals surface area contributed by atoms with E-state index >= 15 is 0 Å². The first-order valence-corrected chi connectivity index (χ1v) is 14.3. The van der Waals surface area contributed by atoms with Gasteiger partial charge in [-0.1, -0.05) is 30.3 Å². The van der Waals surface area contributed by atoms with Crippen LogP contribution in [0, 0.1) is 5.92 Å². The van der Waals surface area contributed by atoms with Crippen LogP contribution in [0.1, 0.15) is 18.4 Å². The number of carbonyl (C=O) groups excluding carboxylic acids is 1. The van der Waals surface area contributed by atoms with Crippen LogP contribution in [0.15, 0.2) is 79.0 Å². The van der Waals surface area contributed by atoms with Gasteiger partial charge in [-0.15, -0.1) is 0 Å². The number of ether oxygens (including phenoxy) is 4. The molecule has 10 nitrogen and oxygen atoms in total. The van der Waals surface area contributed by atoms with Gasteiger partial charge in [-0.3, -0.25) is 4.79 Å². The molecular weight excluding hydrogens is 546 g/mol. The molecule has 43 heavy (non-hydrogen) atoms. The fraction of sp³-hybridized carbons (Fsp3) is 0.303. The summed E-state index contributed by atoms with van der Waals surface area (Å²) in [6.45, 7) is 1.99. The van der Waals surface area contributed by atoms with Crippen molar-refractivity contribution in [2.45, 2.75) is 19.3 Å². The van der Waals surface area contributed by atoms with Crippen LogP contribution in [-0.2, 0) is 11.2 Å². The minimum absolute atomic E-state index is 0.0681. The van der Waals surface area contributed by atoms with E-state index in [1.165, 1.54) is 0 Å². The number of nitrogens with one attached hydrogen (secondary N) is 2. The van der Waals surface area contributed by atoms with E-state index in [1.54, 1.807) is 39.7 Å². The third-order valence-corrected chi connectivity index (χ3v) is 7.29. The van der Waals surface area contributed by atoms with E-state index in [0.717, 1.165) is 48.7 Å². The molecule has 2 N–H and O–H groups in total. The molecule has 0 radical (unpaired) electrons. The Morgan fingerprint density at radius 1 is 0.930 bits per heavy atom. The highest BCUT2D eigenvalue weighted by Crippen LogP contribution is 2.40. The van der Waals surface area contributed by atoms with Gasteiger partial charge in [-0.2, -0.15) is 4.98 Å². The van der Waals surface area contributed by atoms with Crippen molar-refractivity contribution in [1.82, 2.24) is 15.3 Å². The smallest absolute Gasteiger partial charge is 0.229 e. The van der Waals surface area contributed by atoms with E-state index in [4.69, 9.17) is 23.9 Å². The van der Waals surface area contributed by atoms with Crippen LogP contribution < -0.4 is 34.5 Å². The predicted molar refractivity (Wildman–Crippen MR) is 166 cm³/mol. The number of nitrogens with zero attached hydrogens (tertiary/aromatic N) is 3. The van der Waals surface area contributed by atoms with Crippen LogP contribution >= 0.6 is 0 Å². The number of para-hydroxylation sites is 1. The van der Waals surface area contributed by atoms with Crippen molar-refractivity contribution < 1.29 is 23.7 Å². The number of aromatic nitrogens is 2. The number of hydrogen-bond acceptors (Lipinski definition) is 9. The molecule has 10 heteroatoms. The van der Waals surface area contributed by atoms with Gasteiger partial charge in [-0.25, -0.2) is 4.98 Å². The van der Waals surface area contributed by atoms with Crippen LogP contribution in [-0.4, -0.2) is 56.8 Å². The summed E-state index contributed by atoms with van der Waals surface area (Å²) >= 11 is 0. The third kappa shape index (κ3) is 7.65. The number of amides is 1. The quantitative estimate of drug-likeness (QED) is 0.220. The van der Waals surface area contributed by atoms with E-state index in [2.05, 4.69) is 20.5 Å². The zero-order valence-electron chi connectivity index (χ0n) is 24.7. The number of anilines is 3. The summed E-state index contributed by atoms with van der Waals surface area (Å²) in [6.07, 6.45) is 4.20. The molecule has 0 unspecified atom stereocenters. The van der Waals surface area contributed by atoms with Crippen molar-refractivity contribution in [3.8, 4) is 28.7 Å². The highest BCUT2D eigenvalue weighted by atomic mass is 16.5. The Morgan fingerprint density at radius 3 is 2.35 bits per heavy atom. The Balaban J connectivity index is 1.14. The van der Waals surface area contributed by atoms with Gasteiger partial charge in [0.25, 0.3) is 0 Å². The van der Waals surface area contributed by atoms with Crippen LogP contribution in [0.2, 0.25) is 0 Å². The molecule has 4 aromatic rings. The second-order valence-corrected chi connectivity index (χ2v) is 10.2. The first kappa shape index (κ1) is 29.5. The first-order chi connectivity index (χ1) is 21.1. The van der Waals surface area contributed by atoms with E-state index in [0.29, 0.717) is 42.0 Å². The maximum atomic E-state index is 13.1. The Kier molecular flexibility index (Phi) is 9.78. The maximum Gasteiger partial charge on any atom is 0.229 e. The summed E-state index contributed by atoms with van der Waals surface area (Å²) in [5.74, 6) is 4.30. The molecule has 1 atom stereocenters. The van der Waals surface area contributed by atoms with E-state index in [9.17, 15) is 4.79 Å². The Bertz CT molecular complexity index is 1470. The Hall–Kier alpha value is -4.99. The summed E-state index contributed by atoms with van der Waals surface area (Å²) in [7, 11) is 4.70. The van der Waals surface area contributed by atoms with Crippen molar-refractivity contribution in [3.05, 3.63) is 84.6 Å². The van der Waals surface area contributed by atoms with Crippen molar-refractivity contribution in [2.75, 3.05) is 51.2 Å². The van der Waals surface area contributed by atoms with E-state index in [1.807, 2.05) is 60.7 Å². The molecule has 1 aromatic heterocycles. The molecule has 0 spiro atoms. The second-order valence-electron chi connectivity index (χ2n) is 10.2. The molecule has 3 aromatic carbocycles. The van der Waals surface area contributed by atoms with Gasteiger partial charge in [0.1, 0.15) is 17.3 Å². The van der Waals surface area contributed by atoms with Crippen LogP contribution in [0.3, 0.4) is 0 Å². The lowest BCUT2D eigenvalue weighted by atomic mass is 9.97. The lowest BCUT2D eigenvalue weighted by molar-refractivity contribution is -0.125. The number of piperidine rings is 1. The summed E-state index contributed by atoms with van der Waals surface area (Å²) < 4.78 is 22.2. The molecule has 1 fully saturated rings. The fourth-order valence-corrected chi connectivity index (χ4v) is 5.09. The molecule has 5 rings (SSSR count). The number of methoxy groups -OCH3 is 3. The first-order valence-electron chi connectivity index (χ1n) is 14.3. The van der Waals surface area contributed by atoms with Crippen molar-refractivity contribution >= 4 is 23.4 Å². The molecule has 0 saturated carbocycles. The predicted octanol–water partition coefficient (Wildman–Crippen LogP) is 5.61. The second kappa shape index (κ2) is 14.3. The van der Waals surface area contributed by atoms with Gasteiger partial charge in [0.05, 0.1) is 27.2 Å². The Labute approximate surface area is 252 Å². The van der Waals surface area contributed by atoms with Crippen molar-refractivity contribution in [2.24, 2.45) is 5.92 Å². The Morgan fingerprint density at radius 2 is 1.65 bits per heavy atom. The van der Waals surface area contributed by atoms with Crippen LogP contribution in [0.5, 0.6) is 28.7 Å². The van der Waals surface area contributed by atoms with E-state index in [-0.39, 0.29) is 11.8 Å². The molecule has 0 aliphatic carbocycles. The molecule has 1 aliphatic heterocycles. The number of rotatable bonds is 12. The van der Waals surface area contributed by atoms with Crippen LogP contribution in [0.4, 0.5) is 17.5 Å². The maximum absolute atomic E-state index is 13.1. The van der Waals surface area contributed by atoms with Gasteiger partial charge in [0.15, 0.2) is 11.5 Å². The third-order valence-electron chi connectivity index (χ3n) is 7.29. The average molecular weight is 584 g/mol. The minimum atomic E-state index is -0.114. The lowest BCUT2D eigenvalue weighted by Crippen LogP contribution is -2.43. The number of benzene rings is 3. The highest BCUT2D eigenvalue weighted by Gasteiger charge is 2.26. The summed E-state index contributed by atoms with van der Waals surface area (Å²) in [6, 6.07) is 23.1. The largest absolute Gasteiger partial charge is 0.493 e. The van der Waals surface area contributed by atoms with Gasteiger partial charge in [0.2, 0.25) is 17.6 Å². The molecule has 2 heterocycles. The average Bonchev–Trinajstić information content (AvgIpc) is 3.05. The van der Waals surface area contributed by atoms with Gasteiger partial charge in [0, 0.05) is 43.7 Å². The minimum Gasteiger partial charge on any atom is -0.493 e. The molecule has 224 valence electrons. The molecular formula is C33H37N5O5. The zero-order chi connectivity index (χ0) is 30.0. The summed E-state index contributed by atoms with van der Waals surface area (Å²) in [5, 5.41) is 6.35. The molecule has 0 bridgehead atoms. The highest BCUT2D eigenvalue weighted by molar-refractivity contribution is 5.79.